The Bertz CT molecular complexity index is 470. The number of phenolic OH excluding ortho intramolecular Hbond substituents is 1. The number of carbonyl (C=O) groups is 2. The van der Waals surface area contributed by atoms with Crippen LogP contribution in [0.1, 0.15) is 56.9 Å². The van der Waals surface area contributed by atoms with Crippen molar-refractivity contribution in [1.29, 1.82) is 0 Å². The lowest BCUT2D eigenvalue weighted by atomic mass is 10.1. The van der Waals surface area contributed by atoms with Crippen molar-refractivity contribution in [2.45, 2.75) is 58.0 Å². The highest BCUT2D eigenvalue weighted by Crippen LogP contribution is 2.17. The first-order valence-corrected chi connectivity index (χ1v) is 7.74. The van der Waals surface area contributed by atoms with E-state index >= 15 is 0 Å². The molecule has 0 saturated heterocycles. The normalized spacial score (nSPS) is 10.4. The zero-order valence-electron chi connectivity index (χ0n) is 12.8. The number of aromatic hydroxyl groups is 1. The molecule has 22 heavy (non-hydrogen) atoms. The van der Waals surface area contributed by atoms with Crippen LogP contribution in [0, 0.1) is 0 Å². The van der Waals surface area contributed by atoms with Crippen molar-refractivity contribution in [1.82, 2.24) is 0 Å². The highest BCUT2D eigenvalue weighted by Gasteiger charge is 2.05. The van der Waals surface area contributed by atoms with Gasteiger partial charge in [0.05, 0.1) is 0 Å². The molecule has 5 heteroatoms. The maximum absolute atomic E-state index is 11.6. The topological polar surface area (TPSA) is 83.8 Å². The van der Waals surface area contributed by atoms with E-state index < -0.39 is 5.97 Å². The van der Waals surface area contributed by atoms with E-state index in [1.54, 1.807) is 24.3 Å². The Morgan fingerprint density at radius 2 is 1.50 bits per heavy atom. The SMILES string of the molecule is O=C(O)CCCCCCCCC(=O)OCc1ccccc1O. The molecule has 1 aromatic rings. The summed E-state index contributed by atoms with van der Waals surface area (Å²) >= 11 is 0. The maximum Gasteiger partial charge on any atom is 0.306 e. The van der Waals surface area contributed by atoms with Gasteiger partial charge in [0, 0.05) is 18.4 Å². The molecule has 1 aromatic carbocycles. The predicted octanol–water partition coefficient (Wildman–Crippen LogP) is 3.64. The van der Waals surface area contributed by atoms with Crippen LogP contribution in [-0.2, 0) is 20.9 Å². The standard InChI is InChI=1S/C17H24O5/c18-15-10-8-7-9-14(15)13-22-17(21)12-6-4-2-1-3-5-11-16(19)20/h7-10,18H,1-6,11-13H2,(H,19,20). The molecule has 0 unspecified atom stereocenters. The van der Waals surface area contributed by atoms with Gasteiger partial charge in [-0.1, -0.05) is 43.9 Å². The highest BCUT2D eigenvalue weighted by molar-refractivity contribution is 5.69. The van der Waals surface area contributed by atoms with Crippen molar-refractivity contribution in [3.05, 3.63) is 29.8 Å². The number of carboxylic acids is 1. The first kappa shape index (κ1) is 18.0. The first-order valence-electron chi connectivity index (χ1n) is 7.74. The van der Waals surface area contributed by atoms with Gasteiger partial charge >= 0.3 is 11.9 Å². The Balaban J connectivity index is 2.00. The van der Waals surface area contributed by atoms with Crippen LogP contribution in [0.2, 0.25) is 0 Å². The van der Waals surface area contributed by atoms with E-state index in [1.807, 2.05) is 0 Å². The van der Waals surface area contributed by atoms with Gasteiger partial charge in [0.1, 0.15) is 12.4 Å². The van der Waals surface area contributed by atoms with Gasteiger partial charge in [0.2, 0.25) is 0 Å². The minimum Gasteiger partial charge on any atom is -0.508 e. The number of hydrogen-bond donors (Lipinski definition) is 2. The molecule has 0 fully saturated rings. The number of para-hydroxylation sites is 1. The summed E-state index contributed by atoms with van der Waals surface area (Å²) < 4.78 is 5.12. The number of unbranched alkanes of at least 4 members (excludes halogenated alkanes) is 5. The van der Waals surface area contributed by atoms with Crippen LogP contribution < -0.4 is 0 Å². The minimum atomic E-state index is -0.743. The fourth-order valence-corrected chi connectivity index (χ4v) is 2.12. The van der Waals surface area contributed by atoms with Gasteiger partial charge in [-0.25, -0.2) is 0 Å². The van der Waals surface area contributed by atoms with Crippen LogP contribution in [0.25, 0.3) is 0 Å². The summed E-state index contributed by atoms with van der Waals surface area (Å²) in [6.07, 6.45) is 5.98. The molecule has 0 bridgehead atoms. The Kier molecular flexibility index (Phi) is 8.72. The molecule has 2 N–H and O–H groups in total. The van der Waals surface area contributed by atoms with Crippen LogP contribution >= 0.6 is 0 Å². The van der Waals surface area contributed by atoms with Gasteiger partial charge in [-0.3, -0.25) is 9.59 Å². The molecular weight excluding hydrogens is 284 g/mol. The zero-order chi connectivity index (χ0) is 16.2. The fraction of sp³-hybridized carbons (Fsp3) is 0.529. The number of aliphatic carboxylic acids is 1. The van der Waals surface area contributed by atoms with Crippen molar-refractivity contribution < 1.29 is 24.5 Å². The summed E-state index contributed by atoms with van der Waals surface area (Å²) in [6.45, 7) is 0.0979. The number of esters is 1. The van der Waals surface area contributed by atoms with E-state index in [0.29, 0.717) is 12.0 Å². The Labute approximate surface area is 130 Å². The van der Waals surface area contributed by atoms with Crippen LogP contribution in [0.5, 0.6) is 5.75 Å². The first-order chi connectivity index (χ1) is 10.6. The molecule has 0 aliphatic heterocycles. The van der Waals surface area contributed by atoms with Crippen molar-refractivity contribution >= 4 is 11.9 Å². The molecule has 0 spiro atoms. The maximum atomic E-state index is 11.6. The molecule has 0 amide bonds. The van der Waals surface area contributed by atoms with Crippen molar-refractivity contribution in [3.63, 3.8) is 0 Å². The Hall–Kier alpha value is -2.04. The summed E-state index contributed by atoms with van der Waals surface area (Å²) in [5.74, 6) is -0.863. The molecular formula is C17H24O5. The van der Waals surface area contributed by atoms with Crippen molar-refractivity contribution in [3.8, 4) is 5.75 Å². The van der Waals surface area contributed by atoms with E-state index in [0.717, 1.165) is 38.5 Å². The van der Waals surface area contributed by atoms with Crippen molar-refractivity contribution in [2.24, 2.45) is 0 Å². The summed E-state index contributed by atoms with van der Waals surface area (Å²) in [5, 5.41) is 18.0. The second kappa shape index (κ2) is 10.7. The summed E-state index contributed by atoms with van der Waals surface area (Å²) in [4.78, 5) is 21.9. The molecule has 0 radical (unpaired) electrons. The van der Waals surface area contributed by atoms with Gasteiger partial charge in [-0.05, 0) is 18.9 Å². The van der Waals surface area contributed by atoms with Crippen molar-refractivity contribution in [2.75, 3.05) is 0 Å². The molecule has 5 nitrogen and oxygen atoms in total. The molecule has 0 heterocycles. The van der Waals surface area contributed by atoms with Crippen LogP contribution in [0.4, 0.5) is 0 Å². The quantitative estimate of drug-likeness (QED) is 0.481. The fourth-order valence-electron chi connectivity index (χ4n) is 2.12. The largest absolute Gasteiger partial charge is 0.508 e. The van der Waals surface area contributed by atoms with E-state index in [2.05, 4.69) is 0 Å². The Morgan fingerprint density at radius 3 is 2.14 bits per heavy atom. The molecule has 0 saturated carbocycles. The third-order valence-electron chi connectivity index (χ3n) is 3.40. The van der Waals surface area contributed by atoms with Crippen LogP contribution in [0.3, 0.4) is 0 Å². The van der Waals surface area contributed by atoms with E-state index in [9.17, 15) is 14.7 Å². The molecule has 0 aliphatic carbocycles. The van der Waals surface area contributed by atoms with Crippen LogP contribution in [-0.4, -0.2) is 22.2 Å². The van der Waals surface area contributed by atoms with E-state index in [1.165, 1.54) is 0 Å². The van der Waals surface area contributed by atoms with Gasteiger partial charge in [-0.15, -0.1) is 0 Å². The number of phenols is 1. The van der Waals surface area contributed by atoms with Gasteiger partial charge in [-0.2, -0.15) is 0 Å². The summed E-state index contributed by atoms with van der Waals surface area (Å²) in [6, 6.07) is 6.79. The smallest absolute Gasteiger partial charge is 0.306 e. The monoisotopic (exact) mass is 308 g/mol. The molecule has 0 aromatic heterocycles. The number of ether oxygens (including phenoxy) is 1. The molecule has 1 rings (SSSR count). The average Bonchev–Trinajstić information content (AvgIpc) is 2.49. The van der Waals surface area contributed by atoms with Crippen LogP contribution in [0.15, 0.2) is 24.3 Å². The lowest BCUT2D eigenvalue weighted by Crippen LogP contribution is -2.04. The molecule has 0 aliphatic rings. The predicted molar refractivity (Wildman–Crippen MR) is 82.5 cm³/mol. The second-order valence-corrected chi connectivity index (χ2v) is 5.30. The molecule has 122 valence electrons. The highest BCUT2D eigenvalue weighted by atomic mass is 16.5. The third kappa shape index (κ3) is 8.29. The number of carbonyl (C=O) groups excluding carboxylic acids is 1. The van der Waals surface area contributed by atoms with Gasteiger partial charge in [0.15, 0.2) is 0 Å². The summed E-state index contributed by atoms with van der Waals surface area (Å²) in [7, 11) is 0. The number of hydrogen-bond acceptors (Lipinski definition) is 4. The van der Waals surface area contributed by atoms with E-state index in [4.69, 9.17) is 9.84 Å². The minimum absolute atomic E-state index is 0.0979. The Morgan fingerprint density at radius 1 is 0.909 bits per heavy atom. The number of rotatable bonds is 11. The second-order valence-electron chi connectivity index (χ2n) is 5.30. The molecule has 0 atom stereocenters. The lowest BCUT2D eigenvalue weighted by Gasteiger charge is -2.06. The van der Waals surface area contributed by atoms with Gasteiger partial charge < -0.3 is 14.9 Å². The lowest BCUT2D eigenvalue weighted by molar-refractivity contribution is -0.145. The third-order valence-corrected chi connectivity index (χ3v) is 3.40. The number of carboxylic acid groups (broad SMARTS) is 1. The van der Waals surface area contributed by atoms with E-state index in [-0.39, 0.29) is 24.7 Å². The average molecular weight is 308 g/mol. The zero-order valence-corrected chi connectivity index (χ0v) is 12.8. The van der Waals surface area contributed by atoms with Gasteiger partial charge in [0.25, 0.3) is 0 Å². The number of benzene rings is 1. The summed E-state index contributed by atoms with van der Waals surface area (Å²) in [5.41, 5.74) is 0.606.